The Kier molecular flexibility index (Phi) is 5.27. The summed E-state index contributed by atoms with van der Waals surface area (Å²) in [5, 5.41) is 2.89. The van der Waals surface area contributed by atoms with E-state index in [0.717, 1.165) is 11.4 Å². The van der Waals surface area contributed by atoms with Crippen LogP contribution in [0.1, 0.15) is 35.6 Å². The lowest BCUT2D eigenvalue weighted by molar-refractivity contribution is 0.0948. The zero-order valence-electron chi connectivity index (χ0n) is 12.4. The van der Waals surface area contributed by atoms with Crippen LogP contribution in [0.3, 0.4) is 0 Å². The fraction of sp³-hybridized carbons (Fsp3) is 0.400. The summed E-state index contributed by atoms with van der Waals surface area (Å²) in [4.78, 5) is 12.0. The molecule has 21 heavy (non-hydrogen) atoms. The molecule has 0 aliphatic carbocycles. The van der Waals surface area contributed by atoms with E-state index in [4.69, 9.17) is 4.74 Å². The average molecular weight is 305 g/mol. The second kappa shape index (κ2) is 7.17. The van der Waals surface area contributed by atoms with Crippen molar-refractivity contribution in [1.29, 1.82) is 0 Å². The molecular weight excluding hydrogens is 286 g/mol. The first-order valence-corrected chi connectivity index (χ1v) is 7.58. The van der Waals surface area contributed by atoms with E-state index in [9.17, 15) is 4.79 Å². The Hall–Kier alpha value is -1.95. The van der Waals surface area contributed by atoms with Gasteiger partial charge in [-0.2, -0.15) is 8.75 Å². The molecule has 0 aliphatic heterocycles. The lowest BCUT2D eigenvalue weighted by atomic mass is 10.2. The molecule has 0 bridgehead atoms. The van der Waals surface area contributed by atoms with Crippen LogP contribution in [-0.4, -0.2) is 21.2 Å². The third kappa shape index (κ3) is 4.53. The summed E-state index contributed by atoms with van der Waals surface area (Å²) in [5.41, 5.74) is 2.31. The second-order valence-electron chi connectivity index (χ2n) is 5.22. The first-order valence-electron chi connectivity index (χ1n) is 6.85. The Morgan fingerprint density at radius 1 is 1.38 bits per heavy atom. The van der Waals surface area contributed by atoms with Gasteiger partial charge in [-0.25, -0.2) is 0 Å². The quantitative estimate of drug-likeness (QED) is 0.891. The minimum Gasteiger partial charge on any atom is -0.487 e. The molecule has 0 unspecified atom stereocenters. The highest BCUT2D eigenvalue weighted by Crippen LogP contribution is 2.16. The Balaban J connectivity index is 1.97. The average Bonchev–Trinajstić information content (AvgIpc) is 2.88. The van der Waals surface area contributed by atoms with Crippen molar-refractivity contribution in [2.75, 3.05) is 6.54 Å². The molecule has 0 aliphatic rings. The van der Waals surface area contributed by atoms with Crippen molar-refractivity contribution < 1.29 is 9.53 Å². The molecule has 1 amide bonds. The molecule has 112 valence electrons. The van der Waals surface area contributed by atoms with E-state index in [0.29, 0.717) is 30.4 Å². The molecule has 0 spiro atoms. The number of rotatable bonds is 6. The van der Waals surface area contributed by atoms with Crippen LogP contribution in [0.5, 0.6) is 5.75 Å². The monoisotopic (exact) mass is 305 g/mol. The van der Waals surface area contributed by atoms with Crippen LogP contribution in [0.15, 0.2) is 24.3 Å². The molecule has 1 N–H and O–H groups in total. The summed E-state index contributed by atoms with van der Waals surface area (Å²) in [5.74, 6) is 0.994. The van der Waals surface area contributed by atoms with E-state index in [1.165, 1.54) is 11.7 Å². The normalized spacial score (nSPS) is 10.7. The van der Waals surface area contributed by atoms with Gasteiger partial charge in [0.15, 0.2) is 0 Å². The Morgan fingerprint density at radius 3 is 2.86 bits per heavy atom. The number of hydrogen-bond donors (Lipinski definition) is 1. The van der Waals surface area contributed by atoms with Crippen LogP contribution >= 0.6 is 11.7 Å². The summed E-state index contributed by atoms with van der Waals surface area (Å²) in [6, 6.07) is 7.16. The van der Waals surface area contributed by atoms with E-state index in [1.54, 1.807) is 12.1 Å². The number of nitrogens with zero attached hydrogens (tertiary/aromatic N) is 2. The third-order valence-corrected chi connectivity index (χ3v) is 3.55. The summed E-state index contributed by atoms with van der Waals surface area (Å²) in [7, 11) is 0. The van der Waals surface area contributed by atoms with Gasteiger partial charge in [-0.05, 0) is 31.0 Å². The van der Waals surface area contributed by atoms with Gasteiger partial charge in [0.05, 0.1) is 17.4 Å². The van der Waals surface area contributed by atoms with Crippen molar-refractivity contribution in [2.24, 2.45) is 5.92 Å². The molecule has 1 aromatic heterocycles. The SMILES string of the molecule is Cc1nsnc1COc1cccc(C(=O)NCC(C)C)c1. The summed E-state index contributed by atoms with van der Waals surface area (Å²) in [6.07, 6.45) is 0. The van der Waals surface area contributed by atoms with Gasteiger partial charge in [-0.1, -0.05) is 19.9 Å². The smallest absolute Gasteiger partial charge is 0.251 e. The molecule has 5 nitrogen and oxygen atoms in total. The summed E-state index contributed by atoms with van der Waals surface area (Å²) < 4.78 is 13.9. The Morgan fingerprint density at radius 2 is 2.19 bits per heavy atom. The van der Waals surface area contributed by atoms with Crippen LogP contribution < -0.4 is 10.1 Å². The van der Waals surface area contributed by atoms with E-state index in [2.05, 4.69) is 27.9 Å². The van der Waals surface area contributed by atoms with E-state index in [1.807, 2.05) is 19.1 Å². The molecule has 0 saturated heterocycles. The maximum absolute atomic E-state index is 12.0. The van der Waals surface area contributed by atoms with E-state index < -0.39 is 0 Å². The van der Waals surface area contributed by atoms with Crippen molar-refractivity contribution in [1.82, 2.24) is 14.1 Å². The predicted octanol–water partition coefficient (Wildman–Crippen LogP) is 2.81. The van der Waals surface area contributed by atoms with Gasteiger partial charge in [0.2, 0.25) is 0 Å². The molecule has 2 rings (SSSR count). The van der Waals surface area contributed by atoms with Gasteiger partial charge in [0.1, 0.15) is 18.1 Å². The van der Waals surface area contributed by atoms with Crippen LogP contribution in [0.2, 0.25) is 0 Å². The number of carbonyl (C=O) groups is 1. The number of hydrogen-bond acceptors (Lipinski definition) is 5. The molecule has 2 aromatic rings. The standard InChI is InChI=1S/C15H19N3O2S/c1-10(2)8-16-15(19)12-5-4-6-13(7-12)20-9-14-11(3)17-21-18-14/h4-7,10H,8-9H2,1-3H3,(H,16,19). The molecule has 6 heteroatoms. The first kappa shape index (κ1) is 15.4. The maximum atomic E-state index is 12.0. The zero-order chi connectivity index (χ0) is 15.2. The molecule has 0 fully saturated rings. The van der Waals surface area contributed by atoms with Gasteiger partial charge in [-0.15, -0.1) is 0 Å². The highest BCUT2D eigenvalue weighted by molar-refractivity contribution is 6.99. The minimum atomic E-state index is -0.0827. The number of ether oxygens (including phenoxy) is 1. The fourth-order valence-electron chi connectivity index (χ4n) is 1.66. The van der Waals surface area contributed by atoms with Crippen molar-refractivity contribution in [3.63, 3.8) is 0 Å². The number of aryl methyl sites for hydroxylation is 1. The summed E-state index contributed by atoms with van der Waals surface area (Å²) >= 11 is 1.17. The maximum Gasteiger partial charge on any atom is 0.251 e. The van der Waals surface area contributed by atoms with Crippen molar-refractivity contribution in [3.8, 4) is 5.75 Å². The van der Waals surface area contributed by atoms with Gasteiger partial charge in [-0.3, -0.25) is 4.79 Å². The van der Waals surface area contributed by atoms with Crippen LogP contribution in [-0.2, 0) is 6.61 Å². The Bertz CT molecular complexity index is 610. The van der Waals surface area contributed by atoms with Gasteiger partial charge < -0.3 is 10.1 Å². The predicted molar refractivity (Wildman–Crippen MR) is 82.6 cm³/mol. The number of nitrogens with one attached hydrogen (secondary N) is 1. The topological polar surface area (TPSA) is 64.1 Å². The summed E-state index contributed by atoms with van der Waals surface area (Å²) in [6.45, 7) is 7.04. The third-order valence-electron chi connectivity index (χ3n) is 2.89. The molecule has 0 atom stereocenters. The van der Waals surface area contributed by atoms with E-state index >= 15 is 0 Å². The fourth-order valence-corrected chi connectivity index (χ4v) is 2.21. The Labute approximate surface area is 128 Å². The largest absolute Gasteiger partial charge is 0.487 e. The molecular formula is C15H19N3O2S. The number of carbonyl (C=O) groups excluding carboxylic acids is 1. The van der Waals surface area contributed by atoms with E-state index in [-0.39, 0.29) is 5.91 Å². The van der Waals surface area contributed by atoms with Crippen LogP contribution in [0.4, 0.5) is 0 Å². The van der Waals surface area contributed by atoms with Crippen molar-refractivity contribution >= 4 is 17.6 Å². The van der Waals surface area contributed by atoms with Crippen LogP contribution in [0, 0.1) is 12.8 Å². The zero-order valence-corrected chi connectivity index (χ0v) is 13.2. The molecule has 1 aromatic carbocycles. The molecule has 1 heterocycles. The molecule has 0 radical (unpaired) electrons. The molecule has 0 saturated carbocycles. The lowest BCUT2D eigenvalue weighted by Crippen LogP contribution is -2.27. The first-order chi connectivity index (χ1) is 10.1. The second-order valence-corrected chi connectivity index (χ2v) is 5.75. The highest BCUT2D eigenvalue weighted by atomic mass is 32.1. The lowest BCUT2D eigenvalue weighted by Gasteiger charge is -2.09. The van der Waals surface area contributed by atoms with Gasteiger partial charge in [0.25, 0.3) is 5.91 Å². The number of benzene rings is 1. The van der Waals surface area contributed by atoms with Gasteiger partial charge in [0, 0.05) is 12.1 Å². The van der Waals surface area contributed by atoms with Gasteiger partial charge >= 0.3 is 0 Å². The van der Waals surface area contributed by atoms with Crippen LogP contribution in [0.25, 0.3) is 0 Å². The highest BCUT2D eigenvalue weighted by Gasteiger charge is 2.08. The minimum absolute atomic E-state index is 0.0827. The number of amides is 1. The van der Waals surface area contributed by atoms with Crippen molar-refractivity contribution in [3.05, 3.63) is 41.2 Å². The number of aromatic nitrogens is 2. The van der Waals surface area contributed by atoms with Crippen molar-refractivity contribution in [2.45, 2.75) is 27.4 Å².